The third kappa shape index (κ3) is 4.25. The number of hydrogen-bond donors (Lipinski definition) is 1. The Hall–Kier alpha value is -1.00. The van der Waals surface area contributed by atoms with Gasteiger partial charge in [0.15, 0.2) is 0 Å². The second-order valence-electron chi connectivity index (χ2n) is 5.51. The highest BCUT2D eigenvalue weighted by Gasteiger charge is 2.17. The largest absolute Gasteiger partial charge is 0.309 e. The molecule has 1 aliphatic heterocycles. The number of halogens is 1. The first-order valence-corrected chi connectivity index (χ1v) is 7.24. The summed E-state index contributed by atoms with van der Waals surface area (Å²) in [5, 5.41) is 3.47. The summed E-state index contributed by atoms with van der Waals surface area (Å²) in [7, 11) is 0. The fourth-order valence-electron chi connectivity index (χ4n) is 2.62. The van der Waals surface area contributed by atoms with Gasteiger partial charge in [-0.15, -0.1) is 0 Å². The van der Waals surface area contributed by atoms with Crippen molar-refractivity contribution in [3.05, 3.63) is 29.8 Å². The van der Waals surface area contributed by atoms with Crippen LogP contribution in [0.3, 0.4) is 0 Å². The van der Waals surface area contributed by atoms with E-state index in [1.54, 1.807) is 12.3 Å². The number of nitrogens with zero attached hydrogens (tertiary/aromatic N) is 2. The van der Waals surface area contributed by atoms with Gasteiger partial charge >= 0.3 is 0 Å². The van der Waals surface area contributed by atoms with Crippen LogP contribution in [0.25, 0.3) is 0 Å². The van der Waals surface area contributed by atoms with Gasteiger partial charge in [0.05, 0.1) is 6.20 Å². The minimum Gasteiger partial charge on any atom is -0.309 e. The van der Waals surface area contributed by atoms with Crippen LogP contribution in [0.1, 0.15) is 44.7 Å². The Balaban J connectivity index is 1.80. The van der Waals surface area contributed by atoms with Gasteiger partial charge in [-0.1, -0.05) is 6.42 Å². The summed E-state index contributed by atoms with van der Waals surface area (Å²) in [6.07, 6.45) is 6.96. The van der Waals surface area contributed by atoms with E-state index in [4.69, 9.17) is 0 Å². The van der Waals surface area contributed by atoms with Crippen LogP contribution in [0.15, 0.2) is 18.5 Å². The summed E-state index contributed by atoms with van der Waals surface area (Å²) < 4.78 is 13.1. The summed E-state index contributed by atoms with van der Waals surface area (Å²) in [5.74, 6) is -0.268. The van der Waals surface area contributed by atoms with Gasteiger partial charge in [0, 0.05) is 24.8 Å². The molecule has 3 nitrogen and oxygen atoms in total. The molecule has 0 aliphatic carbocycles. The number of aromatic nitrogens is 1. The first-order valence-electron chi connectivity index (χ1n) is 7.24. The van der Waals surface area contributed by atoms with Crippen molar-refractivity contribution < 1.29 is 4.39 Å². The molecule has 0 radical (unpaired) electrons. The monoisotopic (exact) mass is 265 g/mol. The maximum absolute atomic E-state index is 13.1. The molecule has 0 saturated carbocycles. The van der Waals surface area contributed by atoms with Gasteiger partial charge in [0.1, 0.15) is 5.82 Å². The van der Waals surface area contributed by atoms with Crippen LogP contribution in [-0.2, 0) is 0 Å². The van der Waals surface area contributed by atoms with E-state index in [2.05, 4.69) is 29.0 Å². The summed E-state index contributed by atoms with van der Waals surface area (Å²) in [4.78, 5) is 6.43. The van der Waals surface area contributed by atoms with Crippen molar-refractivity contribution in [3.8, 4) is 0 Å². The first kappa shape index (κ1) is 14.4. The van der Waals surface area contributed by atoms with Gasteiger partial charge in [0.25, 0.3) is 0 Å². The van der Waals surface area contributed by atoms with Crippen LogP contribution in [-0.4, -0.2) is 35.6 Å². The summed E-state index contributed by atoms with van der Waals surface area (Å²) in [6, 6.07) is 2.22. The predicted octanol–water partition coefficient (Wildman–Crippen LogP) is 2.75. The molecular weight excluding hydrogens is 241 g/mol. The van der Waals surface area contributed by atoms with Crippen LogP contribution >= 0.6 is 0 Å². The second-order valence-corrected chi connectivity index (χ2v) is 5.51. The molecule has 1 aromatic rings. The van der Waals surface area contributed by atoms with Crippen LogP contribution in [0, 0.1) is 5.82 Å². The molecule has 2 atom stereocenters. The lowest BCUT2D eigenvalue weighted by Crippen LogP contribution is -2.43. The van der Waals surface area contributed by atoms with Crippen molar-refractivity contribution >= 4 is 0 Å². The van der Waals surface area contributed by atoms with Gasteiger partial charge in [-0.25, -0.2) is 4.39 Å². The summed E-state index contributed by atoms with van der Waals surface area (Å²) in [5.41, 5.74) is 0.908. The molecule has 1 N–H and O–H groups in total. The van der Waals surface area contributed by atoms with Gasteiger partial charge in [0.2, 0.25) is 0 Å². The number of hydrogen-bond acceptors (Lipinski definition) is 3. The highest BCUT2D eigenvalue weighted by atomic mass is 19.1. The lowest BCUT2D eigenvalue weighted by molar-refractivity contribution is 0.168. The third-order valence-electron chi connectivity index (χ3n) is 3.96. The quantitative estimate of drug-likeness (QED) is 0.887. The summed E-state index contributed by atoms with van der Waals surface area (Å²) in [6.45, 7) is 7.66. The minimum absolute atomic E-state index is 0.135. The van der Waals surface area contributed by atoms with E-state index in [1.165, 1.54) is 38.5 Å². The Morgan fingerprint density at radius 2 is 2.00 bits per heavy atom. The minimum atomic E-state index is -0.268. The van der Waals surface area contributed by atoms with E-state index in [1.807, 2.05) is 0 Å². The fourth-order valence-corrected chi connectivity index (χ4v) is 2.62. The van der Waals surface area contributed by atoms with Crippen molar-refractivity contribution in [2.24, 2.45) is 0 Å². The topological polar surface area (TPSA) is 28.2 Å². The van der Waals surface area contributed by atoms with E-state index in [0.29, 0.717) is 6.04 Å². The van der Waals surface area contributed by atoms with Gasteiger partial charge in [-0.3, -0.25) is 9.88 Å². The molecule has 0 amide bonds. The first-order chi connectivity index (χ1) is 9.16. The van der Waals surface area contributed by atoms with Crippen molar-refractivity contribution in [2.45, 2.75) is 45.2 Å². The van der Waals surface area contributed by atoms with Gasteiger partial charge < -0.3 is 5.32 Å². The zero-order chi connectivity index (χ0) is 13.7. The van der Waals surface area contributed by atoms with E-state index in [0.717, 1.165) is 12.1 Å². The molecule has 2 unspecified atom stereocenters. The molecule has 1 aliphatic rings. The second kappa shape index (κ2) is 6.96. The molecule has 19 heavy (non-hydrogen) atoms. The molecule has 0 bridgehead atoms. The SMILES string of the molecule is CC(NCC(C)N1CCCCC1)c1cncc(F)c1. The molecule has 2 heterocycles. The Morgan fingerprint density at radius 3 is 2.68 bits per heavy atom. The molecule has 1 saturated heterocycles. The Kier molecular flexibility index (Phi) is 5.28. The van der Waals surface area contributed by atoms with E-state index < -0.39 is 0 Å². The predicted molar refractivity (Wildman–Crippen MR) is 75.5 cm³/mol. The highest BCUT2D eigenvalue weighted by Crippen LogP contribution is 2.14. The van der Waals surface area contributed by atoms with E-state index in [9.17, 15) is 4.39 Å². The van der Waals surface area contributed by atoms with Gasteiger partial charge in [-0.05, 0) is 51.4 Å². The normalized spacial score (nSPS) is 20.2. The number of likely N-dealkylation sites (tertiary alicyclic amines) is 1. The zero-order valence-electron chi connectivity index (χ0n) is 11.9. The number of pyridine rings is 1. The fraction of sp³-hybridized carbons (Fsp3) is 0.667. The molecule has 0 aromatic carbocycles. The summed E-state index contributed by atoms with van der Waals surface area (Å²) >= 11 is 0. The highest BCUT2D eigenvalue weighted by molar-refractivity contribution is 5.14. The van der Waals surface area contributed by atoms with Crippen LogP contribution < -0.4 is 5.32 Å². The molecule has 1 aromatic heterocycles. The lowest BCUT2D eigenvalue weighted by atomic mass is 10.1. The van der Waals surface area contributed by atoms with Crippen molar-refractivity contribution in [2.75, 3.05) is 19.6 Å². The zero-order valence-corrected chi connectivity index (χ0v) is 11.9. The Labute approximate surface area is 115 Å². The average Bonchev–Trinajstić information content (AvgIpc) is 2.45. The van der Waals surface area contributed by atoms with E-state index in [-0.39, 0.29) is 11.9 Å². The maximum Gasteiger partial charge on any atom is 0.141 e. The molecular formula is C15H24FN3. The lowest BCUT2D eigenvalue weighted by Gasteiger charge is -2.33. The van der Waals surface area contributed by atoms with Crippen LogP contribution in [0.2, 0.25) is 0 Å². The van der Waals surface area contributed by atoms with Crippen LogP contribution in [0.5, 0.6) is 0 Å². The smallest absolute Gasteiger partial charge is 0.141 e. The van der Waals surface area contributed by atoms with Crippen molar-refractivity contribution in [1.29, 1.82) is 0 Å². The molecule has 0 spiro atoms. The number of rotatable bonds is 5. The van der Waals surface area contributed by atoms with Crippen molar-refractivity contribution in [3.63, 3.8) is 0 Å². The van der Waals surface area contributed by atoms with Gasteiger partial charge in [-0.2, -0.15) is 0 Å². The maximum atomic E-state index is 13.1. The van der Waals surface area contributed by atoms with Crippen molar-refractivity contribution in [1.82, 2.24) is 15.2 Å². The Morgan fingerprint density at radius 1 is 1.26 bits per heavy atom. The van der Waals surface area contributed by atoms with E-state index >= 15 is 0 Å². The molecule has 1 fully saturated rings. The number of piperidine rings is 1. The average molecular weight is 265 g/mol. The number of nitrogens with one attached hydrogen (secondary N) is 1. The molecule has 4 heteroatoms. The molecule has 2 rings (SSSR count). The standard InChI is InChI=1S/C15H24FN3/c1-12(19-6-4-3-5-7-19)9-18-13(2)14-8-15(16)11-17-10-14/h8,10-13,18H,3-7,9H2,1-2H3. The molecule has 106 valence electrons. The van der Waals surface area contributed by atoms with Crippen LogP contribution in [0.4, 0.5) is 4.39 Å². The Bertz CT molecular complexity index is 391. The third-order valence-corrected chi connectivity index (χ3v) is 3.96.